The Kier molecular flexibility index (Phi) is 7.32. The largest absolute Gasteiger partial charge is 0.511 e. The van der Waals surface area contributed by atoms with E-state index in [4.69, 9.17) is 14.7 Å². The molecule has 7 heteroatoms. The zero-order chi connectivity index (χ0) is 22.3. The highest BCUT2D eigenvalue weighted by Crippen LogP contribution is 2.33. The van der Waals surface area contributed by atoms with Gasteiger partial charge in [-0.3, -0.25) is 4.79 Å². The number of aromatic hydroxyl groups is 1. The summed E-state index contributed by atoms with van der Waals surface area (Å²) in [6, 6.07) is 13.4. The summed E-state index contributed by atoms with van der Waals surface area (Å²) in [6.45, 7) is 7.96. The summed E-state index contributed by atoms with van der Waals surface area (Å²) < 4.78 is 11.3. The summed E-state index contributed by atoms with van der Waals surface area (Å²) in [5.41, 5.74) is 0.744. The van der Waals surface area contributed by atoms with E-state index in [1.165, 1.54) is 6.92 Å². The van der Waals surface area contributed by atoms with E-state index in [9.17, 15) is 15.0 Å². The van der Waals surface area contributed by atoms with Crippen LogP contribution in [-0.2, 0) is 10.2 Å². The maximum atomic E-state index is 11.9. The normalized spacial score (nSPS) is 11.8. The van der Waals surface area contributed by atoms with Crippen LogP contribution in [0.2, 0.25) is 0 Å². The first-order chi connectivity index (χ1) is 14.1. The van der Waals surface area contributed by atoms with E-state index in [2.05, 4.69) is 5.32 Å². The average molecular weight is 410 g/mol. The predicted octanol–water partition coefficient (Wildman–Crippen LogP) is 4.44. The average Bonchev–Trinajstić information content (AvgIpc) is 2.67. The lowest BCUT2D eigenvalue weighted by molar-refractivity contribution is -0.112. The van der Waals surface area contributed by atoms with Crippen molar-refractivity contribution >= 4 is 11.6 Å². The molecule has 0 unspecified atom stereocenters. The van der Waals surface area contributed by atoms with Crippen LogP contribution in [0, 0.1) is 11.3 Å². The number of anilines is 1. The molecule has 0 saturated heterocycles. The number of hydrogen-bond donors (Lipinski definition) is 3. The number of allylic oxidation sites excluding steroid dienone is 1. The summed E-state index contributed by atoms with van der Waals surface area (Å²) in [6.07, 6.45) is 0. The Hall–Kier alpha value is -3.66. The lowest BCUT2D eigenvalue weighted by atomic mass is 9.86. The minimum Gasteiger partial charge on any atom is -0.511 e. The van der Waals surface area contributed by atoms with E-state index in [1.807, 2.05) is 26.8 Å². The molecule has 0 radical (unpaired) electrons. The first-order valence-electron chi connectivity index (χ1n) is 9.42. The topological polar surface area (TPSA) is 112 Å². The summed E-state index contributed by atoms with van der Waals surface area (Å²) in [5, 5.41) is 30.7. The summed E-state index contributed by atoms with van der Waals surface area (Å²) in [5.74, 6) is 0.470. The Labute approximate surface area is 176 Å². The lowest BCUT2D eigenvalue weighted by Gasteiger charge is -2.21. The zero-order valence-corrected chi connectivity index (χ0v) is 17.5. The Morgan fingerprint density at radius 1 is 1.07 bits per heavy atom. The molecule has 0 aliphatic carbocycles. The minimum atomic E-state index is -0.678. The van der Waals surface area contributed by atoms with Crippen LogP contribution in [0.1, 0.15) is 33.3 Å². The molecule has 0 saturated carbocycles. The van der Waals surface area contributed by atoms with Gasteiger partial charge in [0.1, 0.15) is 42.3 Å². The molecule has 0 fully saturated rings. The second kappa shape index (κ2) is 9.70. The van der Waals surface area contributed by atoms with Crippen molar-refractivity contribution in [3.05, 3.63) is 59.4 Å². The number of phenols is 1. The van der Waals surface area contributed by atoms with Crippen molar-refractivity contribution in [2.24, 2.45) is 0 Å². The number of aliphatic hydroxyl groups is 1. The molecule has 0 bridgehead atoms. The van der Waals surface area contributed by atoms with Crippen LogP contribution in [0.4, 0.5) is 5.69 Å². The van der Waals surface area contributed by atoms with Gasteiger partial charge in [-0.15, -0.1) is 0 Å². The number of nitrogens with one attached hydrogen (secondary N) is 1. The minimum absolute atomic E-state index is 0.198. The molecule has 0 aliphatic heterocycles. The van der Waals surface area contributed by atoms with Crippen molar-refractivity contribution in [1.29, 1.82) is 5.26 Å². The van der Waals surface area contributed by atoms with Crippen LogP contribution in [0.15, 0.2) is 53.8 Å². The molecule has 2 aromatic rings. The zero-order valence-electron chi connectivity index (χ0n) is 17.5. The molecule has 0 aromatic heterocycles. The van der Waals surface area contributed by atoms with Gasteiger partial charge in [0.25, 0.3) is 5.91 Å². The number of nitrogens with zero attached hydrogens (tertiary/aromatic N) is 1. The fourth-order valence-corrected chi connectivity index (χ4v) is 2.65. The van der Waals surface area contributed by atoms with Gasteiger partial charge in [-0.1, -0.05) is 20.8 Å². The van der Waals surface area contributed by atoms with Gasteiger partial charge in [-0.05, 0) is 54.8 Å². The second-order valence-electron chi connectivity index (χ2n) is 7.68. The van der Waals surface area contributed by atoms with E-state index in [0.29, 0.717) is 30.4 Å². The Bertz CT molecular complexity index is 963. The first-order valence-corrected chi connectivity index (χ1v) is 9.42. The molecule has 3 N–H and O–H groups in total. The quantitative estimate of drug-likeness (QED) is 0.269. The Morgan fingerprint density at radius 2 is 1.63 bits per heavy atom. The van der Waals surface area contributed by atoms with Gasteiger partial charge in [0, 0.05) is 11.3 Å². The van der Waals surface area contributed by atoms with Gasteiger partial charge < -0.3 is 25.0 Å². The van der Waals surface area contributed by atoms with Gasteiger partial charge in [-0.25, -0.2) is 0 Å². The predicted molar refractivity (Wildman–Crippen MR) is 114 cm³/mol. The number of hydrogen-bond acceptors (Lipinski definition) is 6. The van der Waals surface area contributed by atoms with Crippen molar-refractivity contribution in [3.8, 4) is 23.3 Å². The summed E-state index contributed by atoms with van der Waals surface area (Å²) >= 11 is 0. The Morgan fingerprint density at radius 3 is 2.17 bits per heavy atom. The molecule has 2 aromatic carbocycles. The highest BCUT2D eigenvalue weighted by molar-refractivity contribution is 6.06. The standard InChI is InChI=1S/C23H26N2O5/c1-15(26)19(14-24)22(28)25-16-5-7-17(8-6-16)29-11-12-30-18-9-10-21(27)20(13-18)23(2,3)4/h5-10,13,26-27H,11-12H2,1-4H3,(H,25,28)/b19-15-. The lowest BCUT2D eigenvalue weighted by Crippen LogP contribution is -2.15. The van der Waals surface area contributed by atoms with Gasteiger partial charge in [0.05, 0.1) is 0 Å². The van der Waals surface area contributed by atoms with Crippen LogP contribution in [-0.4, -0.2) is 29.3 Å². The molecule has 7 nitrogen and oxygen atoms in total. The number of nitriles is 1. The van der Waals surface area contributed by atoms with Crippen LogP contribution in [0.5, 0.6) is 17.2 Å². The van der Waals surface area contributed by atoms with E-state index in [0.717, 1.165) is 5.56 Å². The first kappa shape index (κ1) is 22.6. The number of aliphatic hydroxyl groups excluding tert-OH is 1. The number of benzene rings is 2. The fraction of sp³-hybridized carbons (Fsp3) is 0.304. The van der Waals surface area contributed by atoms with Gasteiger partial charge in [-0.2, -0.15) is 5.26 Å². The number of carbonyl (C=O) groups is 1. The molecular weight excluding hydrogens is 384 g/mol. The van der Waals surface area contributed by atoms with Crippen LogP contribution < -0.4 is 14.8 Å². The van der Waals surface area contributed by atoms with E-state index < -0.39 is 5.91 Å². The van der Waals surface area contributed by atoms with Gasteiger partial charge >= 0.3 is 0 Å². The van der Waals surface area contributed by atoms with Crippen molar-refractivity contribution in [2.45, 2.75) is 33.1 Å². The highest BCUT2D eigenvalue weighted by atomic mass is 16.5. The van der Waals surface area contributed by atoms with Gasteiger partial charge in [0.15, 0.2) is 5.57 Å². The van der Waals surface area contributed by atoms with Crippen molar-refractivity contribution < 1.29 is 24.5 Å². The monoisotopic (exact) mass is 410 g/mol. The molecular formula is C23H26N2O5. The van der Waals surface area contributed by atoms with E-state index >= 15 is 0 Å². The van der Waals surface area contributed by atoms with Crippen molar-refractivity contribution in [1.82, 2.24) is 0 Å². The molecule has 0 atom stereocenters. The molecule has 0 spiro atoms. The van der Waals surface area contributed by atoms with Crippen LogP contribution in [0.25, 0.3) is 0 Å². The molecule has 0 heterocycles. The maximum Gasteiger partial charge on any atom is 0.269 e. The van der Waals surface area contributed by atoms with Gasteiger partial charge in [0.2, 0.25) is 0 Å². The molecule has 2 rings (SSSR count). The molecule has 158 valence electrons. The third-order valence-corrected chi connectivity index (χ3v) is 4.21. The van der Waals surface area contributed by atoms with E-state index in [-0.39, 0.29) is 22.5 Å². The van der Waals surface area contributed by atoms with E-state index in [1.54, 1.807) is 42.5 Å². The highest BCUT2D eigenvalue weighted by Gasteiger charge is 2.18. The second-order valence-corrected chi connectivity index (χ2v) is 7.68. The molecule has 30 heavy (non-hydrogen) atoms. The summed E-state index contributed by atoms with van der Waals surface area (Å²) in [4.78, 5) is 11.9. The number of phenolic OH excluding ortho intramolecular Hbond substituents is 1. The van der Waals surface area contributed by atoms with Crippen LogP contribution in [0.3, 0.4) is 0 Å². The fourth-order valence-electron chi connectivity index (χ4n) is 2.65. The summed E-state index contributed by atoms with van der Waals surface area (Å²) in [7, 11) is 0. The number of rotatable bonds is 7. The smallest absolute Gasteiger partial charge is 0.269 e. The number of amides is 1. The van der Waals surface area contributed by atoms with Crippen molar-refractivity contribution in [3.63, 3.8) is 0 Å². The van der Waals surface area contributed by atoms with Crippen molar-refractivity contribution in [2.75, 3.05) is 18.5 Å². The maximum absolute atomic E-state index is 11.9. The van der Waals surface area contributed by atoms with Crippen LogP contribution >= 0.6 is 0 Å². The molecule has 0 aliphatic rings. The number of ether oxygens (including phenoxy) is 2. The number of carbonyl (C=O) groups excluding carboxylic acids is 1. The molecule has 1 amide bonds. The third-order valence-electron chi connectivity index (χ3n) is 4.21. The Balaban J connectivity index is 1.86. The third kappa shape index (κ3) is 6.17. The SMILES string of the molecule is C/C(O)=C(\C#N)C(=O)Nc1ccc(OCCOc2ccc(O)c(C(C)(C)C)c2)cc1.